The fourth-order valence-electron chi connectivity index (χ4n) is 3.40. The lowest BCUT2D eigenvalue weighted by Gasteiger charge is -2.11. The van der Waals surface area contributed by atoms with Crippen LogP contribution in [0.2, 0.25) is 0 Å². The fourth-order valence-corrected chi connectivity index (χ4v) is 4.43. The molecule has 0 unspecified atom stereocenters. The monoisotopic (exact) mass is 515 g/mol. The van der Waals surface area contributed by atoms with E-state index >= 15 is 0 Å². The standard InChI is InChI=1S/C23H25N5O7S/c1-31-15-5-7-17(19(13-15)33-3)23-26-25-21-9-10-22(27-28(21)23)35-12-11-24-36(29,30)16-6-8-18(32-2)20(14-16)34-4/h5-10,13-14,24H,11-12H2,1-4H3. The predicted molar refractivity (Wildman–Crippen MR) is 130 cm³/mol. The second kappa shape index (κ2) is 10.7. The number of nitrogens with one attached hydrogen (secondary N) is 1. The van der Waals surface area contributed by atoms with Gasteiger partial charge in [0.25, 0.3) is 0 Å². The van der Waals surface area contributed by atoms with E-state index in [4.69, 9.17) is 23.7 Å². The van der Waals surface area contributed by atoms with Crippen LogP contribution in [0, 0.1) is 0 Å². The zero-order valence-electron chi connectivity index (χ0n) is 20.1. The molecule has 0 aliphatic carbocycles. The molecular formula is C23H25N5O7S. The number of benzene rings is 2. The summed E-state index contributed by atoms with van der Waals surface area (Å²) >= 11 is 0. The van der Waals surface area contributed by atoms with Crippen molar-refractivity contribution in [3.8, 4) is 40.3 Å². The molecule has 0 aliphatic heterocycles. The second-order valence-electron chi connectivity index (χ2n) is 7.29. The maximum absolute atomic E-state index is 12.6. The van der Waals surface area contributed by atoms with Gasteiger partial charge in [0, 0.05) is 24.7 Å². The van der Waals surface area contributed by atoms with Crippen molar-refractivity contribution < 1.29 is 32.1 Å². The van der Waals surface area contributed by atoms with E-state index in [1.807, 2.05) is 0 Å². The molecule has 0 atom stereocenters. The number of sulfonamides is 1. The van der Waals surface area contributed by atoms with Gasteiger partial charge < -0.3 is 23.7 Å². The van der Waals surface area contributed by atoms with E-state index in [0.717, 1.165) is 0 Å². The Bertz CT molecular complexity index is 1470. The summed E-state index contributed by atoms with van der Waals surface area (Å²) in [5.41, 5.74) is 1.17. The molecule has 4 rings (SSSR count). The molecule has 12 nitrogen and oxygen atoms in total. The van der Waals surface area contributed by atoms with Crippen LogP contribution in [0.1, 0.15) is 0 Å². The molecule has 0 fully saturated rings. The van der Waals surface area contributed by atoms with Gasteiger partial charge in [0.2, 0.25) is 15.9 Å². The minimum atomic E-state index is -3.79. The molecular weight excluding hydrogens is 490 g/mol. The molecule has 0 amide bonds. The van der Waals surface area contributed by atoms with Crippen molar-refractivity contribution in [2.45, 2.75) is 4.90 Å². The molecule has 2 aromatic heterocycles. The fraction of sp³-hybridized carbons (Fsp3) is 0.261. The first-order valence-electron chi connectivity index (χ1n) is 10.7. The summed E-state index contributed by atoms with van der Waals surface area (Å²) in [6, 6.07) is 13.0. The second-order valence-corrected chi connectivity index (χ2v) is 9.06. The average Bonchev–Trinajstić information content (AvgIpc) is 3.33. The zero-order chi connectivity index (χ0) is 25.7. The lowest BCUT2D eigenvalue weighted by molar-refractivity contribution is 0.306. The van der Waals surface area contributed by atoms with Crippen LogP contribution in [0.4, 0.5) is 0 Å². The SMILES string of the molecule is COc1ccc(-c2nnc3ccc(OCCNS(=O)(=O)c4ccc(OC)c(OC)c4)nn23)c(OC)c1. The van der Waals surface area contributed by atoms with Crippen LogP contribution in [-0.2, 0) is 10.0 Å². The minimum absolute atomic E-state index is 0.0116. The largest absolute Gasteiger partial charge is 0.497 e. The Morgan fingerprint density at radius 3 is 2.33 bits per heavy atom. The highest BCUT2D eigenvalue weighted by molar-refractivity contribution is 7.89. The van der Waals surface area contributed by atoms with Crippen LogP contribution in [0.5, 0.6) is 28.9 Å². The van der Waals surface area contributed by atoms with E-state index in [0.29, 0.717) is 40.0 Å². The summed E-state index contributed by atoms with van der Waals surface area (Å²) < 4.78 is 56.0. The number of rotatable bonds is 11. The van der Waals surface area contributed by atoms with E-state index in [1.54, 1.807) is 44.6 Å². The van der Waals surface area contributed by atoms with Crippen LogP contribution >= 0.6 is 0 Å². The van der Waals surface area contributed by atoms with Gasteiger partial charge >= 0.3 is 0 Å². The lowest BCUT2D eigenvalue weighted by atomic mass is 10.2. The molecule has 13 heteroatoms. The number of hydrogen-bond acceptors (Lipinski definition) is 10. The minimum Gasteiger partial charge on any atom is -0.497 e. The Morgan fingerprint density at radius 1 is 0.833 bits per heavy atom. The predicted octanol–water partition coefficient (Wildman–Crippen LogP) is 2.18. The van der Waals surface area contributed by atoms with Crippen molar-refractivity contribution in [1.82, 2.24) is 24.5 Å². The maximum Gasteiger partial charge on any atom is 0.240 e. The van der Waals surface area contributed by atoms with Crippen LogP contribution in [0.3, 0.4) is 0 Å². The normalized spacial score (nSPS) is 11.3. The number of methoxy groups -OCH3 is 4. The Balaban J connectivity index is 1.46. The van der Waals surface area contributed by atoms with Crippen molar-refractivity contribution in [2.24, 2.45) is 0 Å². The summed E-state index contributed by atoms with van der Waals surface area (Å²) in [5.74, 6) is 2.64. The molecule has 0 saturated heterocycles. The van der Waals surface area contributed by atoms with Crippen LogP contribution < -0.4 is 28.4 Å². The summed E-state index contributed by atoms with van der Waals surface area (Å²) in [7, 11) is 2.24. The summed E-state index contributed by atoms with van der Waals surface area (Å²) in [6.07, 6.45) is 0. The van der Waals surface area contributed by atoms with Gasteiger partial charge in [0.1, 0.15) is 18.1 Å². The molecule has 2 heterocycles. The molecule has 0 aliphatic rings. The molecule has 0 spiro atoms. The molecule has 36 heavy (non-hydrogen) atoms. The van der Waals surface area contributed by atoms with Crippen molar-refractivity contribution in [3.63, 3.8) is 0 Å². The molecule has 2 aromatic carbocycles. The van der Waals surface area contributed by atoms with Gasteiger partial charge in [-0.2, -0.15) is 4.52 Å². The Labute approximate surface area is 207 Å². The summed E-state index contributed by atoms with van der Waals surface area (Å²) in [4.78, 5) is 0.0438. The van der Waals surface area contributed by atoms with Gasteiger partial charge in [0.15, 0.2) is 23.0 Å². The summed E-state index contributed by atoms with van der Waals surface area (Å²) in [5, 5.41) is 12.8. The van der Waals surface area contributed by atoms with E-state index < -0.39 is 10.0 Å². The van der Waals surface area contributed by atoms with Crippen molar-refractivity contribution in [3.05, 3.63) is 48.5 Å². The smallest absolute Gasteiger partial charge is 0.240 e. The number of fused-ring (bicyclic) bond motifs is 1. The topological polar surface area (TPSA) is 135 Å². The van der Waals surface area contributed by atoms with Crippen LogP contribution in [0.25, 0.3) is 17.0 Å². The van der Waals surface area contributed by atoms with Gasteiger partial charge in [-0.15, -0.1) is 15.3 Å². The van der Waals surface area contributed by atoms with Gasteiger partial charge in [-0.05, 0) is 30.3 Å². The van der Waals surface area contributed by atoms with Crippen LogP contribution in [-0.4, -0.2) is 69.8 Å². The first kappa shape index (κ1) is 25.0. The Kier molecular flexibility index (Phi) is 7.41. The van der Waals surface area contributed by atoms with Crippen LogP contribution in [0.15, 0.2) is 53.4 Å². The third kappa shape index (κ3) is 5.11. The maximum atomic E-state index is 12.6. The van der Waals surface area contributed by atoms with Gasteiger partial charge in [-0.1, -0.05) is 0 Å². The quantitative estimate of drug-likeness (QED) is 0.296. The number of aromatic nitrogens is 4. The molecule has 190 valence electrons. The van der Waals surface area contributed by atoms with Gasteiger partial charge in [0.05, 0.1) is 38.9 Å². The lowest BCUT2D eigenvalue weighted by Crippen LogP contribution is -2.28. The third-order valence-electron chi connectivity index (χ3n) is 5.20. The van der Waals surface area contributed by atoms with Crippen molar-refractivity contribution in [2.75, 3.05) is 41.6 Å². The van der Waals surface area contributed by atoms with Gasteiger partial charge in [-0.25, -0.2) is 13.1 Å². The number of hydrogen-bond donors (Lipinski definition) is 1. The zero-order valence-corrected chi connectivity index (χ0v) is 20.9. The van der Waals surface area contributed by atoms with E-state index in [9.17, 15) is 8.42 Å². The third-order valence-corrected chi connectivity index (χ3v) is 6.66. The molecule has 1 N–H and O–H groups in total. The van der Waals surface area contributed by atoms with E-state index in [2.05, 4.69) is 20.0 Å². The molecule has 0 bridgehead atoms. The van der Waals surface area contributed by atoms with E-state index in [1.165, 1.54) is 36.9 Å². The van der Waals surface area contributed by atoms with Gasteiger partial charge in [-0.3, -0.25) is 0 Å². The van der Waals surface area contributed by atoms with Crippen molar-refractivity contribution in [1.29, 1.82) is 0 Å². The first-order valence-corrected chi connectivity index (χ1v) is 12.2. The Hall–Kier alpha value is -4.10. The highest BCUT2D eigenvalue weighted by Crippen LogP contribution is 2.32. The van der Waals surface area contributed by atoms with E-state index in [-0.39, 0.29) is 23.9 Å². The average molecular weight is 516 g/mol. The Morgan fingerprint density at radius 2 is 1.61 bits per heavy atom. The first-order chi connectivity index (χ1) is 17.4. The van der Waals surface area contributed by atoms with Crippen molar-refractivity contribution >= 4 is 15.7 Å². The molecule has 0 radical (unpaired) electrons. The number of ether oxygens (including phenoxy) is 5. The summed E-state index contributed by atoms with van der Waals surface area (Å²) in [6.45, 7) is 0.0477. The molecule has 0 saturated carbocycles. The molecule has 4 aromatic rings. The number of nitrogens with zero attached hydrogens (tertiary/aromatic N) is 4. The highest BCUT2D eigenvalue weighted by Gasteiger charge is 2.18. The highest BCUT2D eigenvalue weighted by atomic mass is 32.2.